The van der Waals surface area contributed by atoms with Gasteiger partial charge in [-0.1, -0.05) is 12.1 Å². The molecule has 7 nitrogen and oxygen atoms in total. The number of ether oxygens (including phenoxy) is 1. The molecule has 7 heteroatoms. The van der Waals surface area contributed by atoms with Gasteiger partial charge in [0.15, 0.2) is 0 Å². The summed E-state index contributed by atoms with van der Waals surface area (Å²) in [5.74, 6) is 0.851. The lowest BCUT2D eigenvalue weighted by atomic mass is 9.94. The summed E-state index contributed by atoms with van der Waals surface area (Å²) >= 11 is 0. The normalized spacial score (nSPS) is 13.1. The minimum atomic E-state index is -0.0568. The van der Waals surface area contributed by atoms with Crippen molar-refractivity contribution >= 4 is 11.5 Å². The lowest BCUT2D eigenvalue weighted by molar-refractivity contribution is 0.201. The van der Waals surface area contributed by atoms with Gasteiger partial charge in [0.2, 0.25) is 0 Å². The number of nitrogens with one attached hydrogen (secondary N) is 1. The van der Waals surface area contributed by atoms with Gasteiger partial charge >= 0.3 is 0 Å². The number of nitrogen functional groups attached to an aromatic ring is 2. The van der Waals surface area contributed by atoms with Gasteiger partial charge in [-0.05, 0) is 60.9 Å². The van der Waals surface area contributed by atoms with E-state index in [-0.39, 0.29) is 19.0 Å². The van der Waals surface area contributed by atoms with Gasteiger partial charge in [-0.25, -0.2) is 4.98 Å². The fourth-order valence-electron chi connectivity index (χ4n) is 3.33. The molecule has 1 aromatic heterocycles. The molecule has 1 aromatic carbocycles. The average Bonchev–Trinajstić information content (AvgIpc) is 2.74. The van der Waals surface area contributed by atoms with Gasteiger partial charge in [-0.3, -0.25) is 0 Å². The molecule has 2 heterocycles. The van der Waals surface area contributed by atoms with Crippen molar-refractivity contribution in [1.29, 1.82) is 5.26 Å². The molecule has 0 radical (unpaired) electrons. The van der Waals surface area contributed by atoms with Crippen LogP contribution >= 0.6 is 0 Å². The zero-order valence-corrected chi connectivity index (χ0v) is 16.4. The molecule has 0 amide bonds. The van der Waals surface area contributed by atoms with Gasteiger partial charge in [0.05, 0.1) is 23.6 Å². The molecule has 2 aromatic rings. The fourth-order valence-corrected chi connectivity index (χ4v) is 3.33. The standard InChI is InChI=1S/C22H25N5O2/c1-14-8-9-26-13-16(14)4-7-19-18(12-23)20(21(24)22(25)27-19)15-2-5-17(6-3-15)29-11-10-28/h2-3,5-6,8-9,26,28H,4,7,10-11,13,24H2,1H3,(H2,25,27). The summed E-state index contributed by atoms with van der Waals surface area (Å²) in [6, 6.07) is 9.47. The lowest BCUT2D eigenvalue weighted by Crippen LogP contribution is -2.16. The number of hydrogen-bond donors (Lipinski definition) is 4. The fraction of sp³-hybridized carbons (Fsp3) is 0.273. The minimum Gasteiger partial charge on any atom is -0.491 e. The number of hydrogen-bond acceptors (Lipinski definition) is 7. The van der Waals surface area contributed by atoms with Gasteiger partial charge < -0.3 is 26.6 Å². The van der Waals surface area contributed by atoms with Crippen LogP contribution in [0.4, 0.5) is 11.5 Å². The van der Waals surface area contributed by atoms with E-state index in [1.807, 2.05) is 24.4 Å². The Bertz CT molecular complexity index is 988. The van der Waals surface area contributed by atoms with E-state index >= 15 is 0 Å². The summed E-state index contributed by atoms with van der Waals surface area (Å²) < 4.78 is 5.40. The number of dihydropyridines is 1. The van der Waals surface area contributed by atoms with Crippen molar-refractivity contribution in [2.45, 2.75) is 19.8 Å². The Kier molecular flexibility index (Phi) is 6.37. The largest absolute Gasteiger partial charge is 0.491 e. The van der Waals surface area contributed by atoms with Crippen LogP contribution in [0.1, 0.15) is 24.6 Å². The quantitative estimate of drug-likeness (QED) is 0.570. The first kappa shape index (κ1) is 20.2. The van der Waals surface area contributed by atoms with E-state index in [1.165, 1.54) is 11.1 Å². The van der Waals surface area contributed by atoms with Crippen molar-refractivity contribution in [2.24, 2.45) is 0 Å². The number of aliphatic hydroxyl groups is 1. The van der Waals surface area contributed by atoms with E-state index in [9.17, 15) is 5.26 Å². The Labute approximate surface area is 170 Å². The SMILES string of the molecule is CC1=C(CCc2nc(N)c(N)c(-c3ccc(OCCO)cc3)c2C#N)CNC=C1. The van der Waals surface area contributed by atoms with Crippen LogP contribution in [0.3, 0.4) is 0 Å². The molecule has 0 aliphatic carbocycles. The number of aromatic nitrogens is 1. The Balaban J connectivity index is 1.95. The van der Waals surface area contributed by atoms with E-state index < -0.39 is 0 Å². The van der Waals surface area contributed by atoms with Crippen molar-refractivity contribution in [1.82, 2.24) is 10.3 Å². The van der Waals surface area contributed by atoms with Gasteiger partial charge in [-0.2, -0.15) is 5.26 Å². The Morgan fingerprint density at radius 1 is 1.24 bits per heavy atom. The van der Waals surface area contributed by atoms with Crippen molar-refractivity contribution in [3.05, 3.63) is 58.9 Å². The number of nitrogens with two attached hydrogens (primary N) is 2. The number of pyridine rings is 1. The van der Waals surface area contributed by atoms with Crippen LogP contribution in [0.2, 0.25) is 0 Å². The van der Waals surface area contributed by atoms with E-state index in [1.54, 1.807) is 12.1 Å². The summed E-state index contributed by atoms with van der Waals surface area (Å²) in [5.41, 5.74) is 17.5. The number of anilines is 2. The molecule has 1 aliphatic heterocycles. The first-order valence-corrected chi connectivity index (χ1v) is 9.45. The highest BCUT2D eigenvalue weighted by Crippen LogP contribution is 2.35. The van der Waals surface area contributed by atoms with E-state index in [0.717, 1.165) is 18.5 Å². The van der Waals surface area contributed by atoms with Crippen LogP contribution in [0, 0.1) is 11.3 Å². The van der Waals surface area contributed by atoms with Crippen molar-refractivity contribution in [3.63, 3.8) is 0 Å². The number of benzene rings is 1. The maximum absolute atomic E-state index is 9.86. The molecular weight excluding hydrogens is 366 g/mol. The second kappa shape index (κ2) is 9.13. The molecular formula is C22H25N5O2. The summed E-state index contributed by atoms with van der Waals surface area (Å²) in [6.07, 6.45) is 5.35. The highest BCUT2D eigenvalue weighted by Gasteiger charge is 2.19. The van der Waals surface area contributed by atoms with Crippen LogP contribution in [-0.2, 0) is 6.42 Å². The average molecular weight is 391 g/mol. The minimum absolute atomic E-state index is 0.0568. The number of aliphatic hydroxyl groups excluding tert-OH is 1. The molecule has 3 rings (SSSR count). The first-order valence-electron chi connectivity index (χ1n) is 9.45. The Morgan fingerprint density at radius 2 is 2.00 bits per heavy atom. The molecule has 0 fully saturated rings. The smallest absolute Gasteiger partial charge is 0.147 e. The van der Waals surface area contributed by atoms with Crippen molar-refractivity contribution < 1.29 is 9.84 Å². The van der Waals surface area contributed by atoms with Crippen LogP contribution in [0.15, 0.2) is 47.7 Å². The maximum atomic E-state index is 9.86. The molecule has 6 N–H and O–H groups in total. The monoisotopic (exact) mass is 391 g/mol. The zero-order valence-electron chi connectivity index (χ0n) is 16.4. The molecule has 0 atom stereocenters. The Hall–Kier alpha value is -3.50. The molecule has 0 bridgehead atoms. The summed E-state index contributed by atoms with van der Waals surface area (Å²) in [5, 5.41) is 22.0. The lowest BCUT2D eigenvalue weighted by Gasteiger charge is -2.17. The van der Waals surface area contributed by atoms with E-state index in [0.29, 0.717) is 34.7 Å². The third-order valence-electron chi connectivity index (χ3n) is 4.94. The molecule has 0 saturated heterocycles. The van der Waals surface area contributed by atoms with Crippen molar-refractivity contribution in [3.8, 4) is 22.9 Å². The first-order chi connectivity index (χ1) is 14.0. The number of rotatable bonds is 7. The van der Waals surface area contributed by atoms with Gasteiger partial charge in [0, 0.05) is 12.1 Å². The second-order valence-corrected chi connectivity index (χ2v) is 6.82. The van der Waals surface area contributed by atoms with Crippen LogP contribution in [-0.4, -0.2) is 29.8 Å². The number of allylic oxidation sites excluding steroid dienone is 2. The number of nitrogens with zero attached hydrogens (tertiary/aromatic N) is 2. The summed E-state index contributed by atoms with van der Waals surface area (Å²) in [6.45, 7) is 3.03. The predicted octanol–water partition coefficient (Wildman–Crippen LogP) is 2.52. The predicted molar refractivity (Wildman–Crippen MR) is 114 cm³/mol. The number of nitriles is 1. The molecule has 150 valence electrons. The molecule has 1 aliphatic rings. The molecule has 0 spiro atoms. The molecule has 0 unspecified atom stereocenters. The van der Waals surface area contributed by atoms with Crippen LogP contribution in [0.5, 0.6) is 5.75 Å². The van der Waals surface area contributed by atoms with Crippen LogP contribution < -0.4 is 21.5 Å². The van der Waals surface area contributed by atoms with E-state index in [4.69, 9.17) is 21.3 Å². The topological polar surface area (TPSA) is 130 Å². The van der Waals surface area contributed by atoms with Crippen molar-refractivity contribution in [2.75, 3.05) is 31.2 Å². The third-order valence-corrected chi connectivity index (χ3v) is 4.94. The van der Waals surface area contributed by atoms with Gasteiger partial charge in [-0.15, -0.1) is 0 Å². The second-order valence-electron chi connectivity index (χ2n) is 6.82. The third kappa shape index (κ3) is 4.50. The molecule has 29 heavy (non-hydrogen) atoms. The maximum Gasteiger partial charge on any atom is 0.147 e. The highest BCUT2D eigenvalue weighted by atomic mass is 16.5. The summed E-state index contributed by atoms with van der Waals surface area (Å²) in [7, 11) is 0. The van der Waals surface area contributed by atoms with Crippen LogP contribution in [0.25, 0.3) is 11.1 Å². The van der Waals surface area contributed by atoms with Gasteiger partial charge in [0.1, 0.15) is 24.2 Å². The van der Waals surface area contributed by atoms with Gasteiger partial charge in [0.25, 0.3) is 0 Å². The van der Waals surface area contributed by atoms with E-state index in [2.05, 4.69) is 23.3 Å². The highest BCUT2D eigenvalue weighted by molar-refractivity contribution is 5.87. The number of aryl methyl sites for hydroxylation is 1. The summed E-state index contributed by atoms with van der Waals surface area (Å²) in [4.78, 5) is 4.41. The zero-order chi connectivity index (χ0) is 20.8. The Morgan fingerprint density at radius 3 is 2.66 bits per heavy atom. The molecule has 0 saturated carbocycles.